The van der Waals surface area contributed by atoms with Crippen molar-refractivity contribution >= 4 is 0 Å². The van der Waals surface area contributed by atoms with Gasteiger partial charge in [-0.05, 0) is 58.1 Å². The molecule has 5 nitrogen and oxygen atoms in total. The molecule has 0 bridgehead atoms. The zero-order valence-corrected chi connectivity index (χ0v) is 13.4. The van der Waals surface area contributed by atoms with Crippen LogP contribution in [0.3, 0.4) is 0 Å². The van der Waals surface area contributed by atoms with Gasteiger partial charge >= 0.3 is 0 Å². The van der Waals surface area contributed by atoms with Gasteiger partial charge in [0.1, 0.15) is 5.82 Å². The summed E-state index contributed by atoms with van der Waals surface area (Å²) in [5.74, 6) is 1.20. The highest BCUT2D eigenvalue weighted by Gasteiger charge is 2.30. The second-order valence-electron chi connectivity index (χ2n) is 6.52. The lowest BCUT2D eigenvalue weighted by atomic mass is 10.0. The number of nitrogens with zero attached hydrogens (tertiary/aromatic N) is 4. The maximum Gasteiger partial charge on any atom is 0.124 e. The van der Waals surface area contributed by atoms with Crippen molar-refractivity contribution in [3.63, 3.8) is 0 Å². The van der Waals surface area contributed by atoms with Crippen molar-refractivity contribution < 1.29 is 0 Å². The fourth-order valence-corrected chi connectivity index (χ4v) is 3.95. The fourth-order valence-electron chi connectivity index (χ4n) is 3.95. The number of H-pyrrole nitrogens is 1. The molecule has 0 radical (unpaired) electrons. The number of fused-ring (bicyclic) bond motifs is 1. The summed E-state index contributed by atoms with van der Waals surface area (Å²) in [6.45, 7) is 5.23. The molecule has 118 valence electrons. The minimum Gasteiger partial charge on any atom is -0.344 e. The maximum atomic E-state index is 4.94. The SMILES string of the molecule is CCn1nccc1CN1CCC[C@@H]1c1nc2c([nH]1)CCCC2. The van der Waals surface area contributed by atoms with Gasteiger partial charge in [0.15, 0.2) is 0 Å². The van der Waals surface area contributed by atoms with Crippen LogP contribution in [0.1, 0.15) is 61.6 Å². The molecule has 5 heteroatoms. The highest BCUT2D eigenvalue weighted by Crippen LogP contribution is 2.33. The summed E-state index contributed by atoms with van der Waals surface area (Å²) < 4.78 is 2.10. The van der Waals surface area contributed by atoms with Crippen LogP contribution in [0.5, 0.6) is 0 Å². The van der Waals surface area contributed by atoms with Crippen molar-refractivity contribution in [3.8, 4) is 0 Å². The molecule has 1 fully saturated rings. The second-order valence-corrected chi connectivity index (χ2v) is 6.52. The van der Waals surface area contributed by atoms with E-state index in [2.05, 4.69) is 32.7 Å². The van der Waals surface area contributed by atoms with Gasteiger partial charge in [0, 0.05) is 25.0 Å². The van der Waals surface area contributed by atoms with Gasteiger partial charge in [-0.3, -0.25) is 9.58 Å². The van der Waals surface area contributed by atoms with E-state index < -0.39 is 0 Å². The van der Waals surface area contributed by atoms with Crippen molar-refractivity contribution in [1.82, 2.24) is 24.6 Å². The third-order valence-electron chi connectivity index (χ3n) is 5.12. The zero-order valence-electron chi connectivity index (χ0n) is 13.4. The molecule has 2 aliphatic rings. The normalized spacial score (nSPS) is 22.1. The van der Waals surface area contributed by atoms with E-state index in [0.29, 0.717) is 6.04 Å². The van der Waals surface area contributed by atoms with E-state index in [9.17, 15) is 0 Å². The van der Waals surface area contributed by atoms with Crippen molar-refractivity contribution in [1.29, 1.82) is 0 Å². The smallest absolute Gasteiger partial charge is 0.124 e. The van der Waals surface area contributed by atoms with E-state index >= 15 is 0 Å². The number of aromatic amines is 1. The van der Waals surface area contributed by atoms with E-state index in [1.54, 1.807) is 0 Å². The second kappa shape index (κ2) is 5.88. The molecule has 2 aromatic heterocycles. The minimum atomic E-state index is 0.450. The van der Waals surface area contributed by atoms with Crippen LogP contribution in [-0.2, 0) is 25.9 Å². The fraction of sp³-hybridized carbons (Fsp3) is 0.647. The van der Waals surface area contributed by atoms with Gasteiger partial charge in [-0.25, -0.2) is 4.98 Å². The Kier molecular flexibility index (Phi) is 3.74. The molecular weight excluding hydrogens is 274 g/mol. The molecule has 1 N–H and O–H groups in total. The summed E-state index contributed by atoms with van der Waals surface area (Å²) in [6, 6.07) is 2.59. The molecule has 3 heterocycles. The summed E-state index contributed by atoms with van der Waals surface area (Å²) in [5, 5.41) is 4.39. The molecule has 1 saturated heterocycles. The van der Waals surface area contributed by atoms with Crippen molar-refractivity contribution in [3.05, 3.63) is 35.2 Å². The predicted octanol–water partition coefficient (Wildman–Crippen LogP) is 2.84. The Balaban J connectivity index is 1.54. The molecule has 1 aliphatic heterocycles. The third kappa shape index (κ3) is 2.47. The maximum absolute atomic E-state index is 4.94. The van der Waals surface area contributed by atoms with Crippen LogP contribution in [0.4, 0.5) is 0 Å². The standard InChI is InChI=1S/C17H25N5/c1-2-22-13(9-10-18-22)12-21-11-5-8-16(21)17-19-14-6-3-4-7-15(14)20-17/h9-10,16H,2-8,11-12H2,1H3,(H,19,20)/t16-/m1/s1. The minimum absolute atomic E-state index is 0.450. The summed E-state index contributed by atoms with van der Waals surface area (Å²) in [7, 11) is 0. The number of likely N-dealkylation sites (tertiary alicyclic amines) is 1. The third-order valence-corrected chi connectivity index (χ3v) is 5.12. The number of aryl methyl sites for hydroxylation is 3. The van der Waals surface area contributed by atoms with E-state index in [0.717, 1.165) is 26.1 Å². The van der Waals surface area contributed by atoms with Crippen LogP contribution in [0.15, 0.2) is 12.3 Å². The monoisotopic (exact) mass is 299 g/mol. The van der Waals surface area contributed by atoms with Gasteiger partial charge in [-0.15, -0.1) is 0 Å². The number of aromatic nitrogens is 4. The molecular formula is C17H25N5. The number of imidazole rings is 1. The number of nitrogens with one attached hydrogen (secondary N) is 1. The number of hydrogen-bond donors (Lipinski definition) is 1. The first-order valence-electron chi connectivity index (χ1n) is 8.67. The summed E-state index contributed by atoms with van der Waals surface area (Å²) in [6.07, 6.45) is 9.32. The molecule has 0 aromatic carbocycles. The number of rotatable bonds is 4. The molecule has 0 spiro atoms. The van der Waals surface area contributed by atoms with E-state index in [1.807, 2.05) is 6.20 Å². The Labute approximate surface area is 131 Å². The van der Waals surface area contributed by atoms with E-state index in [1.165, 1.54) is 55.0 Å². The molecule has 22 heavy (non-hydrogen) atoms. The van der Waals surface area contributed by atoms with Crippen LogP contribution in [0.2, 0.25) is 0 Å². The number of hydrogen-bond acceptors (Lipinski definition) is 3. The Morgan fingerprint density at radius 3 is 3.05 bits per heavy atom. The predicted molar refractivity (Wildman–Crippen MR) is 85.5 cm³/mol. The van der Waals surface area contributed by atoms with Crippen molar-refractivity contribution in [2.75, 3.05) is 6.54 Å². The van der Waals surface area contributed by atoms with Gasteiger partial charge in [0.25, 0.3) is 0 Å². The summed E-state index contributed by atoms with van der Waals surface area (Å²) in [4.78, 5) is 11.1. The van der Waals surface area contributed by atoms with Gasteiger partial charge < -0.3 is 4.98 Å². The molecule has 2 aromatic rings. The van der Waals surface area contributed by atoms with Gasteiger partial charge in [0.05, 0.1) is 17.4 Å². The molecule has 0 amide bonds. The largest absolute Gasteiger partial charge is 0.344 e. The Hall–Kier alpha value is -1.62. The molecule has 4 rings (SSSR count). The van der Waals surface area contributed by atoms with E-state index in [4.69, 9.17) is 4.98 Å². The summed E-state index contributed by atoms with van der Waals surface area (Å²) >= 11 is 0. The van der Waals surface area contributed by atoms with Gasteiger partial charge in [-0.1, -0.05) is 0 Å². The topological polar surface area (TPSA) is 49.7 Å². The van der Waals surface area contributed by atoms with Crippen LogP contribution >= 0.6 is 0 Å². The van der Waals surface area contributed by atoms with Crippen LogP contribution < -0.4 is 0 Å². The lowest BCUT2D eigenvalue weighted by Gasteiger charge is -2.23. The van der Waals surface area contributed by atoms with Crippen LogP contribution in [-0.4, -0.2) is 31.2 Å². The molecule has 1 atom stereocenters. The lowest BCUT2D eigenvalue weighted by Crippen LogP contribution is -2.25. The van der Waals surface area contributed by atoms with E-state index in [-0.39, 0.29) is 0 Å². The zero-order chi connectivity index (χ0) is 14.9. The molecule has 0 unspecified atom stereocenters. The Morgan fingerprint density at radius 2 is 2.18 bits per heavy atom. The summed E-state index contributed by atoms with van der Waals surface area (Å²) in [5.41, 5.74) is 4.03. The van der Waals surface area contributed by atoms with Gasteiger partial charge in [0.2, 0.25) is 0 Å². The van der Waals surface area contributed by atoms with Crippen LogP contribution in [0.25, 0.3) is 0 Å². The van der Waals surface area contributed by atoms with Crippen LogP contribution in [0, 0.1) is 0 Å². The highest BCUT2D eigenvalue weighted by molar-refractivity contribution is 5.20. The van der Waals surface area contributed by atoms with Gasteiger partial charge in [-0.2, -0.15) is 5.10 Å². The average molecular weight is 299 g/mol. The first-order valence-corrected chi connectivity index (χ1v) is 8.67. The average Bonchev–Trinajstić information content (AvgIpc) is 3.25. The Morgan fingerprint density at radius 1 is 1.27 bits per heavy atom. The van der Waals surface area contributed by atoms with Crippen molar-refractivity contribution in [2.45, 2.75) is 64.6 Å². The first-order chi connectivity index (χ1) is 10.8. The Bertz CT molecular complexity index is 618. The lowest BCUT2D eigenvalue weighted by molar-refractivity contribution is 0.233. The highest BCUT2D eigenvalue weighted by atomic mass is 15.3. The first kappa shape index (κ1) is 14.0. The molecule has 1 aliphatic carbocycles. The quantitative estimate of drug-likeness (QED) is 0.944. The molecule has 0 saturated carbocycles. The van der Waals surface area contributed by atoms with Crippen molar-refractivity contribution in [2.24, 2.45) is 0 Å².